The number of nitrogens with zero attached hydrogens (tertiary/aromatic N) is 3. The van der Waals surface area contributed by atoms with Gasteiger partial charge in [-0.3, -0.25) is 4.79 Å². The number of carbonyl (C=O) groups excluding carboxylic acids is 1. The van der Waals surface area contributed by atoms with Crippen LogP contribution in [0.4, 0.5) is 5.13 Å². The van der Waals surface area contributed by atoms with Crippen molar-refractivity contribution < 1.29 is 4.79 Å². The minimum absolute atomic E-state index is 0.179. The highest BCUT2D eigenvalue weighted by molar-refractivity contribution is 7.09. The molecule has 0 saturated carbocycles. The second-order valence-corrected chi connectivity index (χ2v) is 9.31. The van der Waals surface area contributed by atoms with Gasteiger partial charge >= 0.3 is 0 Å². The maximum atomic E-state index is 12.4. The van der Waals surface area contributed by atoms with Gasteiger partial charge in [0.1, 0.15) is 5.82 Å². The molecule has 1 aromatic heterocycles. The van der Waals surface area contributed by atoms with Gasteiger partial charge in [0.25, 0.3) is 0 Å². The molecule has 0 radical (unpaired) electrons. The fourth-order valence-corrected chi connectivity index (χ4v) is 4.76. The Morgan fingerprint density at radius 3 is 2.63 bits per heavy atom. The third kappa shape index (κ3) is 6.53. The SMILES string of the molecule is CCCCC(CC)C(=O)NCC1CCN(c2nc(Cc3ccc(C)cc3)ns2)CC1. The molecule has 1 saturated heterocycles. The van der Waals surface area contributed by atoms with Gasteiger partial charge in [-0.1, -0.05) is 56.5 Å². The van der Waals surface area contributed by atoms with Crippen molar-refractivity contribution in [1.29, 1.82) is 0 Å². The molecule has 3 rings (SSSR count). The highest BCUT2D eigenvalue weighted by Crippen LogP contribution is 2.25. The number of hydrogen-bond acceptors (Lipinski definition) is 5. The lowest BCUT2D eigenvalue weighted by Crippen LogP contribution is -2.40. The van der Waals surface area contributed by atoms with Gasteiger partial charge in [0.05, 0.1) is 0 Å². The fourth-order valence-electron chi connectivity index (χ4n) is 4.02. The van der Waals surface area contributed by atoms with Crippen molar-refractivity contribution in [2.75, 3.05) is 24.5 Å². The van der Waals surface area contributed by atoms with Gasteiger partial charge in [0.2, 0.25) is 11.0 Å². The number of anilines is 1. The highest BCUT2D eigenvalue weighted by Gasteiger charge is 2.23. The Balaban J connectivity index is 1.42. The van der Waals surface area contributed by atoms with Crippen LogP contribution in [0.5, 0.6) is 0 Å². The monoisotopic (exact) mass is 428 g/mol. The molecule has 1 fully saturated rings. The van der Waals surface area contributed by atoms with E-state index in [0.29, 0.717) is 5.92 Å². The second kappa shape index (κ2) is 11.4. The lowest BCUT2D eigenvalue weighted by atomic mass is 9.95. The summed E-state index contributed by atoms with van der Waals surface area (Å²) in [4.78, 5) is 19.6. The summed E-state index contributed by atoms with van der Waals surface area (Å²) in [6.07, 6.45) is 7.22. The Bertz CT molecular complexity index is 781. The molecule has 164 valence electrons. The lowest BCUT2D eigenvalue weighted by molar-refractivity contribution is -0.125. The molecule has 0 spiro atoms. The third-order valence-electron chi connectivity index (χ3n) is 6.16. The topological polar surface area (TPSA) is 58.1 Å². The van der Waals surface area contributed by atoms with Gasteiger partial charge < -0.3 is 10.2 Å². The summed E-state index contributed by atoms with van der Waals surface area (Å²) >= 11 is 1.51. The Kier molecular flexibility index (Phi) is 8.67. The van der Waals surface area contributed by atoms with E-state index < -0.39 is 0 Å². The number of aryl methyl sites for hydroxylation is 1. The predicted octanol–water partition coefficient (Wildman–Crippen LogP) is 4.99. The molecular weight excluding hydrogens is 392 g/mol. The van der Waals surface area contributed by atoms with Crippen molar-refractivity contribution in [3.8, 4) is 0 Å². The van der Waals surface area contributed by atoms with Crippen LogP contribution in [-0.4, -0.2) is 34.9 Å². The molecule has 6 heteroatoms. The smallest absolute Gasteiger partial charge is 0.223 e. The first-order valence-corrected chi connectivity index (χ1v) is 12.3. The maximum Gasteiger partial charge on any atom is 0.223 e. The van der Waals surface area contributed by atoms with Crippen LogP contribution in [-0.2, 0) is 11.2 Å². The number of aromatic nitrogens is 2. The molecule has 1 N–H and O–H groups in total. The standard InChI is InChI=1S/C24H36N4OS/c1-4-6-7-21(5-2)23(29)25-17-20-12-14-28(15-13-20)24-26-22(27-30-24)16-19-10-8-18(3)9-11-19/h8-11,20-21H,4-7,12-17H2,1-3H3,(H,25,29). The minimum atomic E-state index is 0.179. The van der Waals surface area contributed by atoms with Crippen LogP contribution >= 0.6 is 11.5 Å². The Morgan fingerprint density at radius 1 is 1.23 bits per heavy atom. The zero-order valence-electron chi connectivity index (χ0n) is 18.7. The van der Waals surface area contributed by atoms with Crippen LogP contribution in [0.1, 0.15) is 69.3 Å². The van der Waals surface area contributed by atoms with E-state index in [4.69, 9.17) is 4.98 Å². The molecule has 2 heterocycles. The normalized spacial score (nSPS) is 15.9. The van der Waals surface area contributed by atoms with Crippen LogP contribution in [0.3, 0.4) is 0 Å². The van der Waals surface area contributed by atoms with E-state index >= 15 is 0 Å². The van der Waals surface area contributed by atoms with Gasteiger partial charge in [0, 0.05) is 43.5 Å². The average molecular weight is 429 g/mol. The number of carbonyl (C=O) groups is 1. The number of amides is 1. The molecular formula is C24H36N4OS. The molecule has 1 aliphatic rings. The first-order valence-electron chi connectivity index (χ1n) is 11.5. The first-order chi connectivity index (χ1) is 14.6. The van der Waals surface area contributed by atoms with Crippen molar-refractivity contribution in [1.82, 2.24) is 14.7 Å². The molecule has 5 nitrogen and oxygen atoms in total. The fraction of sp³-hybridized carbons (Fsp3) is 0.625. The van der Waals surface area contributed by atoms with Gasteiger partial charge in [0.15, 0.2) is 0 Å². The summed E-state index contributed by atoms with van der Waals surface area (Å²) in [6, 6.07) is 8.58. The van der Waals surface area contributed by atoms with Crippen molar-refractivity contribution in [2.45, 2.75) is 65.7 Å². The number of benzene rings is 1. The zero-order valence-corrected chi connectivity index (χ0v) is 19.5. The van der Waals surface area contributed by atoms with E-state index in [0.717, 1.165) is 75.5 Å². The average Bonchev–Trinajstić information content (AvgIpc) is 3.23. The first kappa shape index (κ1) is 22.7. The minimum Gasteiger partial charge on any atom is -0.356 e. The lowest BCUT2D eigenvalue weighted by Gasteiger charge is -2.31. The summed E-state index contributed by atoms with van der Waals surface area (Å²) in [5, 5.41) is 4.25. The van der Waals surface area contributed by atoms with Crippen molar-refractivity contribution in [3.05, 3.63) is 41.2 Å². The predicted molar refractivity (Wildman–Crippen MR) is 125 cm³/mol. The molecule has 0 aliphatic carbocycles. The van der Waals surface area contributed by atoms with E-state index in [1.165, 1.54) is 22.7 Å². The van der Waals surface area contributed by atoms with Crippen LogP contribution in [0.15, 0.2) is 24.3 Å². The molecule has 2 aromatic rings. The van der Waals surface area contributed by atoms with Crippen molar-refractivity contribution in [3.63, 3.8) is 0 Å². The van der Waals surface area contributed by atoms with E-state index in [9.17, 15) is 4.79 Å². The van der Waals surface area contributed by atoms with Gasteiger partial charge in [-0.2, -0.15) is 4.37 Å². The summed E-state index contributed by atoms with van der Waals surface area (Å²) in [5.41, 5.74) is 2.53. The van der Waals surface area contributed by atoms with Crippen LogP contribution in [0, 0.1) is 18.8 Å². The molecule has 1 aromatic carbocycles. The quantitative estimate of drug-likeness (QED) is 0.579. The third-order valence-corrected chi connectivity index (χ3v) is 6.97. The number of piperidine rings is 1. The Labute approximate surface area is 185 Å². The van der Waals surface area contributed by atoms with E-state index in [1.54, 1.807) is 0 Å². The number of nitrogens with one attached hydrogen (secondary N) is 1. The second-order valence-electron chi connectivity index (χ2n) is 8.58. The largest absolute Gasteiger partial charge is 0.356 e. The van der Waals surface area contributed by atoms with E-state index in [1.807, 2.05) is 0 Å². The molecule has 1 amide bonds. The van der Waals surface area contributed by atoms with Gasteiger partial charge in [-0.05, 0) is 44.1 Å². The van der Waals surface area contributed by atoms with E-state index in [-0.39, 0.29) is 11.8 Å². The molecule has 1 atom stereocenters. The summed E-state index contributed by atoms with van der Waals surface area (Å²) in [5.74, 6) is 1.90. The van der Waals surface area contributed by atoms with Crippen molar-refractivity contribution in [2.24, 2.45) is 11.8 Å². The molecule has 1 aliphatic heterocycles. The highest BCUT2D eigenvalue weighted by atomic mass is 32.1. The molecule has 1 unspecified atom stereocenters. The Hall–Kier alpha value is -1.95. The van der Waals surface area contributed by atoms with Gasteiger partial charge in [-0.15, -0.1) is 0 Å². The summed E-state index contributed by atoms with van der Waals surface area (Å²) in [7, 11) is 0. The van der Waals surface area contributed by atoms with Crippen LogP contribution < -0.4 is 10.2 Å². The number of rotatable bonds is 10. The maximum absolute atomic E-state index is 12.4. The van der Waals surface area contributed by atoms with Crippen LogP contribution in [0.2, 0.25) is 0 Å². The summed E-state index contributed by atoms with van der Waals surface area (Å²) in [6.45, 7) is 9.20. The van der Waals surface area contributed by atoms with Gasteiger partial charge in [-0.25, -0.2) is 4.98 Å². The number of hydrogen-bond donors (Lipinski definition) is 1. The summed E-state index contributed by atoms with van der Waals surface area (Å²) < 4.78 is 4.57. The Morgan fingerprint density at radius 2 is 1.97 bits per heavy atom. The molecule has 30 heavy (non-hydrogen) atoms. The number of unbranched alkanes of at least 4 members (excludes halogenated alkanes) is 1. The zero-order chi connectivity index (χ0) is 21.3. The van der Waals surface area contributed by atoms with Crippen LogP contribution in [0.25, 0.3) is 0 Å². The molecule has 0 bridgehead atoms. The van der Waals surface area contributed by atoms with E-state index in [2.05, 4.69) is 59.6 Å². The van der Waals surface area contributed by atoms with Crippen molar-refractivity contribution >= 4 is 22.6 Å².